The Hall–Kier alpha value is -3.08. The average molecular weight is 399 g/mol. The zero-order valence-electron chi connectivity index (χ0n) is 14.3. The second kappa shape index (κ2) is 7.66. The molecule has 144 valence electrons. The van der Waals surface area contributed by atoms with Crippen LogP contribution < -0.4 is 9.62 Å². The average Bonchev–Trinajstić information content (AvgIpc) is 2.54. The Morgan fingerprint density at radius 1 is 1.22 bits per heavy atom. The van der Waals surface area contributed by atoms with Crippen LogP contribution in [0.15, 0.2) is 36.4 Å². The fourth-order valence-electron chi connectivity index (χ4n) is 2.24. The monoisotopic (exact) mass is 399 g/mol. The molecule has 0 heterocycles. The van der Waals surface area contributed by atoms with Crippen molar-refractivity contribution in [2.45, 2.75) is 6.92 Å². The number of anilines is 2. The molecular weight excluding hydrogens is 384 g/mol. The van der Waals surface area contributed by atoms with Gasteiger partial charge in [-0.1, -0.05) is 6.07 Å². The van der Waals surface area contributed by atoms with Gasteiger partial charge < -0.3 is 5.32 Å². The molecule has 0 fully saturated rings. The highest BCUT2D eigenvalue weighted by Gasteiger charge is 2.24. The van der Waals surface area contributed by atoms with Crippen LogP contribution in [0, 0.1) is 28.7 Å². The lowest BCUT2D eigenvalue weighted by molar-refractivity contribution is -0.384. The Morgan fingerprint density at radius 2 is 1.89 bits per heavy atom. The molecular formula is C16H15F2N3O5S. The van der Waals surface area contributed by atoms with E-state index < -0.39 is 44.7 Å². The van der Waals surface area contributed by atoms with Gasteiger partial charge in [-0.3, -0.25) is 19.2 Å². The van der Waals surface area contributed by atoms with Crippen LogP contribution in [0.1, 0.15) is 5.56 Å². The molecule has 2 aromatic carbocycles. The van der Waals surface area contributed by atoms with Crippen molar-refractivity contribution < 1.29 is 26.9 Å². The maximum absolute atomic E-state index is 14.0. The van der Waals surface area contributed by atoms with E-state index >= 15 is 0 Å². The second-order valence-electron chi connectivity index (χ2n) is 5.67. The molecule has 0 aromatic heterocycles. The van der Waals surface area contributed by atoms with E-state index in [-0.39, 0.29) is 11.4 Å². The topological polar surface area (TPSA) is 110 Å². The van der Waals surface area contributed by atoms with Gasteiger partial charge in [0, 0.05) is 18.2 Å². The molecule has 0 radical (unpaired) electrons. The Balaban J connectivity index is 2.30. The first kappa shape index (κ1) is 20.2. The first-order chi connectivity index (χ1) is 12.5. The Kier molecular flexibility index (Phi) is 5.74. The first-order valence-corrected chi connectivity index (χ1v) is 9.31. The number of carbonyl (C=O) groups is 1. The first-order valence-electron chi connectivity index (χ1n) is 7.46. The van der Waals surface area contributed by atoms with E-state index in [9.17, 15) is 32.1 Å². The zero-order chi connectivity index (χ0) is 20.4. The Labute approximate surface area is 153 Å². The number of hydrogen-bond acceptors (Lipinski definition) is 5. The Bertz CT molecular complexity index is 1010. The van der Waals surface area contributed by atoms with Crippen LogP contribution in [0.2, 0.25) is 0 Å². The molecule has 0 aliphatic rings. The van der Waals surface area contributed by atoms with E-state index in [1.165, 1.54) is 12.1 Å². The van der Waals surface area contributed by atoms with Crippen molar-refractivity contribution >= 4 is 33.0 Å². The van der Waals surface area contributed by atoms with Gasteiger partial charge in [0.25, 0.3) is 5.69 Å². The van der Waals surface area contributed by atoms with Gasteiger partial charge in [-0.05, 0) is 24.6 Å². The van der Waals surface area contributed by atoms with Gasteiger partial charge in [0.05, 0.1) is 22.6 Å². The Morgan fingerprint density at radius 3 is 2.44 bits per heavy atom. The van der Waals surface area contributed by atoms with Crippen molar-refractivity contribution in [3.63, 3.8) is 0 Å². The normalized spacial score (nSPS) is 11.1. The van der Waals surface area contributed by atoms with Crippen molar-refractivity contribution in [3.05, 3.63) is 63.7 Å². The number of nitrogens with zero attached hydrogens (tertiary/aromatic N) is 2. The number of aryl methyl sites for hydroxylation is 1. The molecule has 0 spiro atoms. The molecule has 1 N–H and O–H groups in total. The summed E-state index contributed by atoms with van der Waals surface area (Å²) in [6, 6.07) is 6.05. The number of carbonyl (C=O) groups excluding carboxylic acids is 1. The molecule has 0 aliphatic heterocycles. The fraction of sp³-hybridized carbons (Fsp3) is 0.188. The summed E-state index contributed by atoms with van der Waals surface area (Å²) < 4.78 is 51.4. The summed E-state index contributed by atoms with van der Waals surface area (Å²) in [4.78, 5) is 22.5. The summed E-state index contributed by atoms with van der Waals surface area (Å²) in [5.41, 5.74) is -0.139. The molecule has 1 amide bonds. The fourth-order valence-corrected chi connectivity index (χ4v) is 3.10. The number of rotatable bonds is 6. The number of nitro groups is 1. The van der Waals surface area contributed by atoms with Gasteiger partial charge in [-0.25, -0.2) is 17.2 Å². The molecule has 0 atom stereocenters. The van der Waals surface area contributed by atoms with Crippen molar-refractivity contribution in [1.29, 1.82) is 0 Å². The third-order valence-corrected chi connectivity index (χ3v) is 4.70. The number of hydrogen-bond donors (Lipinski definition) is 1. The molecule has 0 bridgehead atoms. The number of nitro benzene ring substituents is 1. The van der Waals surface area contributed by atoms with Crippen molar-refractivity contribution in [2.75, 3.05) is 22.4 Å². The molecule has 0 unspecified atom stereocenters. The summed E-state index contributed by atoms with van der Waals surface area (Å²) in [7, 11) is -4.07. The van der Waals surface area contributed by atoms with Crippen LogP contribution >= 0.6 is 0 Å². The van der Waals surface area contributed by atoms with Crippen LogP contribution in [0.4, 0.5) is 25.8 Å². The lowest BCUT2D eigenvalue weighted by Gasteiger charge is -2.22. The highest BCUT2D eigenvalue weighted by Crippen LogP contribution is 2.24. The minimum atomic E-state index is -4.07. The number of amides is 1. The number of benzene rings is 2. The van der Waals surface area contributed by atoms with Crippen molar-refractivity contribution in [2.24, 2.45) is 0 Å². The van der Waals surface area contributed by atoms with Crippen LogP contribution in [0.3, 0.4) is 0 Å². The van der Waals surface area contributed by atoms with Gasteiger partial charge in [0.2, 0.25) is 15.9 Å². The molecule has 8 nitrogen and oxygen atoms in total. The third kappa shape index (κ3) is 4.97. The second-order valence-corrected chi connectivity index (χ2v) is 7.58. The van der Waals surface area contributed by atoms with Gasteiger partial charge >= 0.3 is 0 Å². The largest absolute Gasteiger partial charge is 0.324 e. The van der Waals surface area contributed by atoms with Crippen LogP contribution in [0.5, 0.6) is 0 Å². The lowest BCUT2D eigenvalue weighted by Crippen LogP contribution is -2.38. The van der Waals surface area contributed by atoms with Crippen molar-refractivity contribution in [1.82, 2.24) is 0 Å². The minimum Gasteiger partial charge on any atom is -0.324 e. The van der Waals surface area contributed by atoms with Gasteiger partial charge in [-0.2, -0.15) is 0 Å². The van der Waals surface area contributed by atoms with Crippen LogP contribution in [-0.2, 0) is 14.8 Å². The molecule has 0 aliphatic carbocycles. The molecule has 0 saturated carbocycles. The van der Waals surface area contributed by atoms with E-state index in [1.54, 1.807) is 6.92 Å². The molecule has 2 rings (SSSR count). The van der Waals surface area contributed by atoms with E-state index in [0.717, 1.165) is 24.5 Å². The maximum atomic E-state index is 14.0. The predicted octanol–water partition coefficient (Wildman–Crippen LogP) is 2.59. The van der Waals surface area contributed by atoms with Crippen LogP contribution in [-0.4, -0.2) is 32.0 Å². The maximum Gasteiger partial charge on any atom is 0.271 e. The van der Waals surface area contributed by atoms with Gasteiger partial charge in [0.15, 0.2) is 0 Å². The smallest absolute Gasteiger partial charge is 0.271 e. The third-order valence-electron chi connectivity index (χ3n) is 3.57. The minimum absolute atomic E-state index is 0.113. The molecule has 11 heteroatoms. The summed E-state index contributed by atoms with van der Waals surface area (Å²) in [5.74, 6) is -2.91. The standard InChI is InChI=1S/C16H15F2N3O5S/c1-10-3-5-12(21(23)24)8-14(10)19-16(22)9-20(27(2,25)26)15-6-4-11(17)7-13(15)18/h3-8H,9H2,1-2H3,(H,19,22). The quantitative estimate of drug-likeness (QED) is 0.593. The number of non-ortho nitro benzene ring substituents is 1. The van der Waals surface area contributed by atoms with Gasteiger partial charge in [-0.15, -0.1) is 0 Å². The SMILES string of the molecule is Cc1ccc([N+](=O)[O-])cc1NC(=O)CN(c1ccc(F)cc1F)S(C)(=O)=O. The van der Waals surface area contributed by atoms with Gasteiger partial charge in [0.1, 0.15) is 18.2 Å². The zero-order valence-corrected chi connectivity index (χ0v) is 15.1. The summed E-state index contributed by atoms with van der Waals surface area (Å²) in [5, 5.41) is 13.2. The van der Waals surface area contributed by atoms with E-state index in [2.05, 4.69) is 5.32 Å². The number of halogens is 2. The summed E-state index contributed by atoms with van der Waals surface area (Å²) >= 11 is 0. The van der Waals surface area contributed by atoms with E-state index in [1.807, 2.05) is 0 Å². The summed E-state index contributed by atoms with van der Waals surface area (Å²) in [6.45, 7) is 0.789. The van der Waals surface area contributed by atoms with Crippen LogP contribution in [0.25, 0.3) is 0 Å². The van der Waals surface area contributed by atoms with Crippen molar-refractivity contribution in [3.8, 4) is 0 Å². The van der Waals surface area contributed by atoms with E-state index in [4.69, 9.17) is 0 Å². The molecule has 0 saturated heterocycles. The number of sulfonamides is 1. The highest BCUT2D eigenvalue weighted by atomic mass is 32.2. The molecule has 27 heavy (non-hydrogen) atoms. The summed E-state index contributed by atoms with van der Waals surface area (Å²) in [6.07, 6.45) is 0.766. The number of nitrogens with one attached hydrogen (secondary N) is 1. The van der Waals surface area contributed by atoms with E-state index in [0.29, 0.717) is 15.9 Å². The predicted molar refractivity (Wildman–Crippen MR) is 95.0 cm³/mol. The highest BCUT2D eigenvalue weighted by molar-refractivity contribution is 7.92. The lowest BCUT2D eigenvalue weighted by atomic mass is 10.2. The molecule has 2 aromatic rings.